The molecule has 3 aromatic rings. The molecule has 0 fully saturated rings. The molecular formula is C25H28F2N2O7S2. The van der Waals surface area contributed by atoms with Crippen LogP contribution in [0.1, 0.15) is 26.7 Å². The average molecular weight is 571 g/mol. The van der Waals surface area contributed by atoms with Crippen LogP contribution in [-0.2, 0) is 20.0 Å². The zero-order valence-electron chi connectivity index (χ0n) is 21.0. The molecule has 0 heterocycles. The third-order valence-corrected chi connectivity index (χ3v) is 7.81. The lowest BCUT2D eigenvalue weighted by atomic mass is 10.3. The summed E-state index contributed by atoms with van der Waals surface area (Å²) in [5.41, 5.74) is 0.0126. The van der Waals surface area contributed by atoms with Crippen LogP contribution < -0.4 is 23.7 Å². The summed E-state index contributed by atoms with van der Waals surface area (Å²) in [6.45, 7) is 4.14. The fourth-order valence-electron chi connectivity index (χ4n) is 3.24. The number of halogens is 2. The monoisotopic (exact) mass is 570 g/mol. The first-order valence-corrected chi connectivity index (χ1v) is 14.6. The van der Waals surface area contributed by atoms with Crippen LogP contribution >= 0.6 is 0 Å². The number of nitrogens with one attached hydrogen (secondary N) is 2. The number of rotatable bonds is 13. The van der Waals surface area contributed by atoms with Gasteiger partial charge < -0.3 is 14.2 Å². The highest BCUT2D eigenvalue weighted by Gasteiger charge is 2.25. The summed E-state index contributed by atoms with van der Waals surface area (Å²) in [5, 5.41) is 0. The van der Waals surface area contributed by atoms with E-state index in [9.17, 15) is 25.6 Å². The Hall–Kier alpha value is -3.58. The van der Waals surface area contributed by atoms with Gasteiger partial charge in [-0.3, -0.25) is 9.44 Å². The molecule has 0 saturated heterocycles. The van der Waals surface area contributed by atoms with Gasteiger partial charge in [0, 0.05) is 12.1 Å². The van der Waals surface area contributed by atoms with Crippen molar-refractivity contribution in [3.05, 3.63) is 66.2 Å². The molecule has 3 aromatic carbocycles. The molecule has 0 aliphatic rings. The molecule has 0 radical (unpaired) electrons. The summed E-state index contributed by atoms with van der Waals surface area (Å²) in [7, 11) is -7.48. The quantitative estimate of drug-likeness (QED) is 0.292. The smallest absolute Gasteiger partial charge is 0.265 e. The molecule has 0 aromatic heterocycles. The van der Waals surface area contributed by atoms with Crippen LogP contribution in [0.25, 0.3) is 0 Å². The summed E-state index contributed by atoms with van der Waals surface area (Å²) in [5.74, 6) is -1.72. The van der Waals surface area contributed by atoms with Gasteiger partial charge in [-0.25, -0.2) is 25.6 Å². The van der Waals surface area contributed by atoms with Crippen molar-refractivity contribution in [1.29, 1.82) is 0 Å². The largest absolute Gasteiger partial charge is 0.495 e. The Kier molecular flexibility index (Phi) is 9.39. The van der Waals surface area contributed by atoms with E-state index < -0.39 is 41.5 Å². The number of sulfonamides is 2. The van der Waals surface area contributed by atoms with Gasteiger partial charge in [0.25, 0.3) is 20.0 Å². The Balaban J connectivity index is 1.93. The van der Waals surface area contributed by atoms with Crippen molar-refractivity contribution in [2.24, 2.45) is 0 Å². The predicted molar refractivity (Wildman–Crippen MR) is 139 cm³/mol. The summed E-state index contributed by atoms with van der Waals surface area (Å²) in [4.78, 5) is -0.876. The Morgan fingerprint density at radius 3 is 1.66 bits per heavy atom. The molecular weight excluding hydrogens is 542 g/mol. The highest BCUT2D eigenvalue weighted by molar-refractivity contribution is 7.93. The standard InChI is InChI=1S/C25H28F2N2O7S2/c1-4-12-35-23-14-17(6-9-20(23)26)28-37(30,31)19-8-11-22(34-3)25(16-19)38(32,33)29-18-7-10-21(27)24(15-18)36-13-5-2/h6-11,14-16,28-29H,4-5,12-13H2,1-3H3. The minimum absolute atomic E-state index is 0.00291. The Bertz CT molecular complexity index is 1500. The number of hydrogen-bond donors (Lipinski definition) is 2. The minimum Gasteiger partial charge on any atom is -0.495 e. The lowest BCUT2D eigenvalue weighted by Gasteiger charge is -2.15. The van der Waals surface area contributed by atoms with E-state index in [0.717, 1.165) is 24.3 Å². The second-order valence-electron chi connectivity index (χ2n) is 8.01. The highest BCUT2D eigenvalue weighted by atomic mass is 32.2. The van der Waals surface area contributed by atoms with Crippen LogP contribution in [0.5, 0.6) is 17.2 Å². The molecule has 0 aliphatic heterocycles. The first kappa shape index (κ1) is 29.0. The zero-order valence-corrected chi connectivity index (χ0v) is 22.6. The van der Waals surface area contributed by atoms with Gasteiger partial charge in [-0.1, -0.05) is 13.8 Å². The molecule has 0 amide bonds. The van der Waals surface area contributed by atoms with Crippen molar-refractivity contribution in [3.63, 3.8) is 0 Å². The van der Waals surface area contributed by atoms with E-state index >= 15 is 0 Å². The third-order valence-electron chi connectivity index (χ3n) is 5.03. The Labute approximate surface area is 220 Å². The van der Waals surface area contributed by atoms with E-state index in [2.05, 4.69) is 9.44 Å². The molecule has 0 saturated carbocycles. The van der Waals surface area contributed by atoms with Gasteiger partial charge in [-0.05, 0) is 55.3 Å². The normalized spacial score (nSPS) is 11.6. The molecule has 0 spiro atoms. The van der Waals surface area contributed by atoms with Gasteiger partial charge in [0.2, 0.25) is 0 Å². The number of methoxy groups -OCH3 is 1. The van der Waals surface area contributed by atoms with Crippen LogP contribution in [0.15, 0.2) is 64.4 Å². The topological polar surface area (TPSA) is 120 Å². The van der Waals surface area contributed by atoms with Gasteiger partial charge in [-0.15, -0.1) is 0 Å². The maximum atomic E-state index is 14.0. The van der Waals surface area contributed by atoms with Gasteiger partial charge in [0.1, 0.15) is 10.6 Å². The highest BCUT2D eigenvalue weighted by Crippen LogP contribution is 2.31. The van der Waals surface area contributed by atoms with Crippen molar-refractivity contribution in [2.75, 3.05) is 29.8 Å². The van der Waals surface area contributed by atoms with E-state index in [1.54, 1.807) is 0 Å². The van der Waals surface area contributed by atoms with Crippen molar-refractivity contribution < 1.29 is 39.8 Å². The van der Waals surface area contributed by atoms with E-state index in [1.165, 1.54) is 37.4 Å². The number of ether oxygens (including phenoxy) is 3. The number of benzene rings is 3. The first-order valence-electron chi connectivity index (χ1n) is 11.6. The van der Waals surface area contributed by atoms with Gasteiger partial charge in [0.05, 0.1) is 36.6 Å². The molecule has 0 bridgehead atoms. The van der Waals surface area contributed by atoms with E-state index in [-0.39, 0.29) is 41.8 Å². The molecule has 0 aliphatic carbocycles. The maximum absolute atomic E-state index is 14.0. The summed E-state index contributed by atoms with van der Waals surface area (Å²) in [6, 6.07) is 10.1. The van der Waals surface area contributed by atoms with Gasteiger partial charge in [0.15, 0.2) is 23.1 Å². The molecule has 0 unspecified atom stereocenters. The minimum atomic E-state index is -4.40. The van der Waals surface area contributed by atoms with Crippen molar-refractivity contribution in [1.82, 2.24) is 0 Å². The molecule has 38 heavy (non-hydrogen) atoms. The maximum Gasteiger partial charge on any atom is 0.265 e. The van der Waals surface area contributed by atoms with Crippen LogP contribution in [0, 0.1) is 11.6 Å². The first-order chi connectivity index (χ1) is 18.0. The van der Waals surface area contributed by atoms with E-state index in [4.69, 9.17) is 14.2 Å². The second kappa shape index (κ2) is 12.3. The van der Waals surface area contributed by atoms with E-state index in [0.29, 0.717) is 12.8 Å². The fraction of sp³-hybridized carbons (Fsp3) is 0.280. The molecule has 0 atom stereocenters. The number of anilines is 2. The second-order valence-corrected chi connectivity index (χ2v) is 11.3. The van der Waals surface area contributed by atoms with Crippen molar-refractivity contribution in [2.45, 2.75) is 36.5 Å². The lowest BCUT2D eigenvalue weighted by molar-refractivity contribution is 0.301. The molecule has 13 heteroatoms. The summed E-state index contributed by atoms with van der Waals surface area (Å²) >= 11 is 0. The fourth-order valence-corrected chi connectivity index (χ4v) is 5.63. The Morgan fingerprint density at radius 2 is 1.18 bits per heavy atom. The Morgan fingerprint density at radius 1 is 0.684 bits per heavy atom. The third kappa shape index (κ3) is 7.04. The van der Waals surface area contributed by atoms with Crippen molar-refractivity contribution >= 4 is 31.4 Å². The zero-order chi connectivity index (χ0) is 27.9. The van der Waals surface area contributed by atoms with E-state index in [1.807, 2.05) is 13.8 Å². The van der Waals surface area contributed by atoms with Crippen LogP contribution in [-0.4, -0.2) is 37.2 Å². The SMILES string of the molecule is CCCOc1cc(NS(=O)(=O)c2ccc(OC)c(S(=O)(=O)Nc3ccc(F)c(OCCC)c3)c2)ccc1F. The molecule has 9 nitrogen and oxygen atoms in total. The van der Waals surface area contributed by atoms with Gasteiger partial charge in [-0.2, -0.15) is 0 Å². The molecule has 2 N–H and O–H groups in total. The predicted octanol–water partition coefficient (Wildman–Crippen LogP) is 5.15. The number of hydrogen-bond acceptors (Lipinski definition) is 7. The van der Waals surface area contributed by atoms with Crippen LogP contribution in [0.2, 0.25) is 0 Å². The summed E-state index contributed by atoms with van der Waals surface area (Å²) in [6.07, 6.45) is 1.24. The lowest BCUT2D eigenvalue weighted by Crippen LogP contribution is -2.17. The average Bonchev–Trinajstić information content (AvgIpc) is 2.88. The van der Waals surface area contributed by atoms with Crippen LogP contribution in [0.3, 0.4) is 0 Å². The molecule has 3 rings (SSSR count). The van der Waals surface area contributed by atoms with Crippen molar-refractivity contribution in [3.8, 4) is 17.2 Å². The van der Waals surface area contributed by atoms with Gasteiger partial charge >= 0.3 is 0 Å². The van der Waals surface area contributed by atoms with Crippen LogP contribution in [0.4, 0.5) is 20.2 Å². The summed E-state index contributed by atoms with van der Waals surface area (Å²) < 4.78 is 101. The molecule has 206 valence electrons.